The Bertz CT molecular complexity index is 485. The summed E-state index contributed by atoms with van der Waals surface area (Å²) in [6, 6.07) is 6.98. The lowest BCUT2D eigenvalue weighted by molar-refractivity contribution is -0.129. The molecule has 1 aliphatic heterocycles. The van der Waals surface area contributed by atoms with Gasteiger partial charge in [0.1, 0.15) is 5.88 Å². The summed E-state index contributed by atoms with van der Waals surface area (Å²) in [6.07, 6.45) is 0. The van der Waals surface area contributed by atoms with Gasteiger partial charge in [-0.1, -0.05) is 23.7 Å². The lowest BCUT2D eigenvalue weighted by Crippen LogP contribution is -2.51. The van der Waals surface area contributed by atoms with Crippen molar-refractivity contribution in [1.29, 1.82) is 0 Å². The largest absolute Gasteiger partial charge is 0.338 e. The van der Waals surface area contributed by atoms with Crippen LogP contribution in [0.5, 0.6) is 0 Å². The normalized spacial score (nSPS) is 15.5. The SMILES string of the molecule is O=C(CCl)N1CCN(C(=O)c2ccccc2Cl)CC1. The van der Waals surface area contributed by atoms with E-state index in [9.17, 15) is 9.59 Å². The second-order valence-electron chi connectivity index (χ2n) is 4.29. The summed E-state index contributed by atoms with van der Waals surface area (Å²) in [7, 11) is 0. The van der Waals surface area contributed by atoms with E-state index >= 15 is 0 Å². The predicted molar refractivity (Wildman–Crippen MR) is 74.7 cm³/mol. The van der Waals surface area contributed by atoms with Crippen molar-refractivity contribution in [3.63, 3.8) is 0 Å². The van der Waals surface area contributed by atoms with E-state index in [1.165, 1.54) is 0 Å². The van der Waals surface area contributed by atoms with Crippen molar-refractivity contribution in [1.82, 2.24) is 9.80 Å². The maximum atomic E-state index is 12.3. The van der Waals surface area contributed by atoms with Gasteiger partial charge in [-0.25, -0.2) is 0 Å². The number of nitrogens with zero attached hydrogens (tertiary/aromatic N) is 2. The summed E-state index contributed by atoms with van der Waals surface area (Å²) in [5.41, 5.74) is 0.501. The first-order valence-electron chi connectivity index (χ1n) is 6.01. The third kappa shape index (κ3) is 3.19. The van der Waals surface area contributed by atoms with Crippen molar-refractivity contribution < 1.29 is 9.59 Å². The fraction of sp³-hybridized carbons (Fsp3) is 0.385. The van der Waals surface area contributed by atoms with Gasteiger partial charge in [0.05, 0.1) is 10.6 Å². The fourth-order valence-electron chi connectivity index (χ4n) is 2.05. The van der Waals surface area contributed by atoms with Crippen molar-refractivity contribution in [3.05, 3.63) is 34.9 Å². The van der Waals surface area contributed by atoms with Crippen LogP contribution in [0.3, 0.4) is 0 Å². The van der Waals surface area contributed by atoms with Gasteiger partial charge in [0, 0.05) is 26.2 Å². The Morgan fingerprint density at radius 3 is 2.21 bits per heavy atom. The number of rotatable bonds is 2. The molecule has 0 bridgehead atoms. The van der Waals surface area contributed by atoms with Crippen molar-refractivity contribution in [2.24, 2.45) is 0 Å². The molecule has 0 radical (unpaired) electrons. The summed E-state index contributed by atoms with van der Waals surface area (Å²) in [4.78, 5) is 27.1. The number of benzene rings is 1. The fourth-order valence-corrected chi connectivity index (χ4v) is 2.43. The highest BCUT2D eigenvalue weighted by Crippen LogP contribution is 2.18. The number of carbonyl (C=O) groups excluding carboxylic acids is 2. The van der Waals surface area contributed by atoms with E-state index in [0.717, 1.165) is 0 Å². The molecule has 102 valence electrons. The summed E-state index contributed by atoms with van der Waals surface area (Å²) < 4.78 is 0. The highest BCUT2D eigenvalue weighted by atomic mass is 35.5. The Morgan fingerprint density at radius 1 is 1.05 bits per heavy atom. The summed E-state index contributed by atoms with van der Waals surface area (Å²) in [5.74, 6) is -0.201. The van der Waals surface area contributed by atoms with Crippen molar-refractivity contribution >= 4 is 35.0 Å². The molecule has 0 saturated carbocycles. The smallest absolute Gasteiger partial charge is 0.255 e. The van der Waals surface area contributed by atoms with Crippen molar-refractivity contribution in [2.75, 3.05) is 32.1 Å². The first-order chi connectivity index (χ1) is 9.13. The van der Waals surface area contributed by atoms with Crippen LogP contribution in [0, 0.1) is 0 Å². The number of hydrogen-bond acceptors (Lipinski definition) is 2. The number of hydrogen-bond donors (Lipinski definition) is 0. The number of amides is 2. The second kappa shape index (κ2) is 6.26. The molecule has 1 aliphatic rings. The van der Waals surface area contributed by atoms with E-state index in [-0.39, 0.29) is 17.7 Å². The van der Waals surface area contributed by atoms with Crippen LogP contribution < -0.4 is 0 Å². The molecule has 0 aromatic heterocycles. The van der Waals surface area contributed by atoms with E-state index in [0.29, 0.717) is 36.8 Å². The molecule has 19 heavy (non-hydrogen) atoms. The molecule has 0 atom stereocenters. The van der Waals surface area contributed by atoms with Crippen LogP contribution in [-0.4, -0.2) is 53.7 Å². The number of halogens is 2. The van der Waals surface area contributed by atoms with Gasteiger partial charge in [0.25, 0.3) is 5.91 Å². The molecule has 0 N–H and O–H groups in total. The van der Waals surface area contributed by atoms with E-state index < -0.39 is 0 Å². The van der Waals surface area contributed by atoms with E-state index in [2.05, 4.69) is 0 Å². The van der Waals surface area contributed by atoms with Crippen LogP contribution in [0.15, 0.2) is 24.3 Å². The molecule has 1 aromatic rings. The van der Waals surface area contributed by atoms with Crippen molar-refractivity contribution in [2.45, 2.75) is 0 Å². The second-order valence-corrected chi connectivity index (χ2v) is 4.96. The number of piperazine rings is 1. The van der Waals surface area contributed by atoms with E-state index in [4.69, 9.17) is 23.2 Å². The zero-order valence-corrected chi connectivity index (χ0v) is 11.8. The molecule has 1 heterocycles. The van der Waals surface area contributed by atoms with Crippen molar-refractivity contribution in [3.8, 4) is 0 Å². The standard InChI is InChI=1S/C13H14Cl2N2O2/c14-9-12(18)16-5-7-17(8-6-16)13(19)10-3-1-2-4-11(10)15/h1-4H,5-9H2. The highest BCUT2D eigenvalue weighted by Gasteiger charge is 2.25. The number of alkyl halides is 1. The predicted octanol–water partition coefficient (Wildman–Crippen LogP) is 1.86. The van der Waals surface area contributed by atoms with Crippen LogP contribution in [0.25, 0.3) is 0 Å². The molecule has 1 fully saturated rings. The Balaban J connectivity index is 2.00. The van der Waals surface area contributed by atoms with Crippen LogP contribution in [0.1, 0.15) is 10.4 Å². The van der Waals surface area contributed by atoms with Crippen LogP contribution >= 0.6 is 23.2 Å². The summed E-state index contributed by atoms with van der Waals surface area (Å²) in [6.45, 7) is 2.04. The van der Waals surface area contributed by atoms with Gasteiger partial charge in [-0.3, -0.25) is 9.59 Å². The topological polar surface area (TPSA) is 40.6 Å². The Morgan fingerprint density at radius 2 is 1.63 bits per heavy atom. The Labute approximate surface area is 121 Å². The highest BCUT2D eigenvalue weighted by molar-refractivity contribution is 6.33. The Kier molecular flexibility index (Phi) is 4.66. The third-order valence-corrected chi connectivity index (χ3v) is 3.70. The van der Waals surface area contributed by atoms with Crippen LogP contribution in [-0.2, 0) is 4.79 Å². The van der Waals surface area contributed by atoms with Gasteiger partial charge in [0.15, 0.2) is 0 Å². The third-order valence-electron chi connectivity index (χ3n) is 3.14. The average Bonchev–Trinajstić information content (AvgIpc) is 2.46. The average molecular weight is 301 g/mol. The quantitative estimate of drug-likeness (QED) is 0.782. The summed E-state index contributed by atoms with van der Waals surface area (Å²) in [5, 5.41) is 0.451. The molecule has 0 aliphatic carbocycles. The Hall–Kier alpha value is -1.26. The minimum Gasteiger partial charge on any atom is -0.338 e. The number of carbonyl (C=O) groups is 2. The van der Waals surface area contributed by atoms with Crippen LogP contribution in [0.2, 0.25) is 5.02 Å². The molecule has 0 spiro atoms. The maximum absolute atomic E-state index is 12.3. The molecule has 4 nitrogen and oxygen atoms in total. The first-order valence-corrected chi connectivity index (χ1v) is 6.92. The van der Waals surface area contributed by atoms with Gasteiger partial charge in [-0.2, -0.15) is 0 Å². The molecule has 1 aromatic carbocycles. The lowest BCUT2D eigenvalue weighted by atomic mass is 10.2. The molecule has 6 heteroatoms. The zero-order chi connectivity index (χ0) is 13.8. The maximum Gasteiger partial charge on any atom is 0.255 e. The minimum absolute atomic E-state index is 0.0154. The lowest BCUT2D eigenvalue weighted by Gasteiger charge is -2.34. The minimum atomic E-state index is -0.0939. The molecule has 2 rings (SSSR count). The molecular formula is C13H14Cl2N2O2. The van der Waals surface area contributed by atoms with Gasteiger partial charge >= 0.3 is 0 Å². The zero-order valence-electron chi connectivity index (χ0n) is 10.3. The van der Waals surface area contributed by atoms with Gasteiger partial charge in [0.2, 0.25) is 5.91 Å². The molecular weight excluding hydrogens is 287 g/mol. The summed E-state index contributed by atoms with van der Waals surface area (Å²) >= 11 is 11.5. The molecule has 1 saturated heterocycles. The van der Waals surface area contributed by atoms with Gasteiger partial charge in [-0.05, 0) is 12.1 Å². The van der Waals surface area contributed by atoms with Gasteiger partial charge in [-0.15, -0.1) is 11.6 Å². The van der Waals surface area contributed by atoms with Gasteiger partial charge < -0.3 is 9.80 Å². The van der Waals surface area contributed by atoms with E-state index in [1.54, 1.807) is 34.1 Å². The monoisotopic (exact) mass is 300 g/mol. The molecule has 0 unspecified atom stereocenters. The van der Waals surface area contributed by atoms with E-state index in [1.807, 2.05) is 0 Å². The molecule has 2 amide bonds. The van der Waals surface area contributed by atoms with Crippen LogP contribution in [0.4, 0.5) is 0 Å². The first kappa shape index (κ1) is 14.2.